The fourth-order valence-corrected chi connectivity index (χ4v) is 6.77. The maximum atomic E-state index is 13.0. The molecular weight excluding hydrogens is 416 g/mol. The second-order valence-electron chi connectivity index (χ2n) is 8.73. The van der Waals surface area contributed by atoms with Gasteiger partial charge in [-0.15, -0.1) is 0 Å². The van der Waals surface area contributed by atoms with Crippen molar-refractivity contribution < 1.29 is 18.3 Å². The Morgan fingerprint density at radius 2 is 1.81 bits per heavy atom. The average Bonchev–Trinajstić information content (AvgIpc) is 2.59. The van der Waals surface area contributed by atoms with Gasteiger partial charge in [-0.3, -0.25) is 4.79 Å². The summed E-state index contributed by atoms with van der Waals surface area (Å²) in [7, 11) is 0. The second-order valence-corrected chi connectivity index (χ2v) is 9.65. The van der Waals surface area contributed by atoms with Gasteiger partial charge >= 0.3 is 6.61 Å². The third kappa shape index (κ3) is 3.74. The van der Waals surface area contributed by atoms with Crippen molar-refractivity contribution in [3.05, 3.63) is 28.2 Å². The average molecular weight is 442 g/mol. The van der Waals surface area contributed by atoms with Crippen molar-refractivity contribution in [2.24, 2.45) is 23.2 Å². The summed E-state index contributed by atoms with van der Waals surface area (Å²) >= 11 is 3.32. The SMILES string of the molecule is CC[C@@H](NC(=O)c1cc(Br)ccc1OC(F)F)C12CC3CC(CC(C3)C1)C2. The zero-order valence-corrected chi connectivity index (χ0v) is 17.1. The summed E-state index contributed by atoms with van der Waals surface area (Å²) < 4.78 is 30.7. The van der Waals surface area contributed by atoms with Crippen LogP contribution in [0.25, 0.3) is 0 Å². The van der Waals surface area contributed by atoms with E-state index in [-0.39, 0.29) is 28.7 Å². The van der Waals surface area contributed by atoms with Crippen molar-refractivity contribution in [2.45, 2.75) is 64.5 Å². The molecule has 148 valence electrons. The molecular formula is C21H26BrF2NO2. The lowest BCUT2D eigenvalue weighted by Gasteiger charge is -2.59. The molecule has 27 heavy (non-hydrogen) atoms. The van der Waals surface area contributed by atoms with Crippen LogP contribution in [-0.2, 0) is 0 Å². The number of carbonyl (C=O) groups is 1. The Morgan fingerprint density at radius 1 is 1.22 bits per heavy atom. The van der Waals surface area contributed by atoms with Gasteiger partial charge in [0.15, 0.2) is 0 Å². The van der Waals surface area contributed by atoms with E-state index in [2.05, 4.69) is 32.9 Å². The Balaban J connectivity index is 1.56. The van der Waals surface area contributed by atoms with Gasteiger partial charge in [-0.1, -0.05) is 22.9 Å². The largest absolute Gasteiger partial charge is 0.434 e. The zero-order valence-electron chi connectivity index (χ0n) is 15.5. The molecule has 4 bridgehead atoms. The first-order valence-electron chi connectivity index (χ1n) is 9.94. The highest BCUT2D eigenvalue weighted by atomic mass is 79.9. The predicted molar refractivity (Wildman–Crippen MR) is 103 cm³/mol. The minimum atomic E-state index is -2.96. The van der Waals surface area contributed by atoms with Gasteiger partial charge in [0, 0.05) is 10.5 Å². The minimum Gasteiger partial charge on any atom is -0.434 e. The lowest BCUT2D eigenvalue weighted by Crippen LogP contribution is -2.56. The summed E-state index contributed by atoms with van der Waals surface area (Å²) in [6.07, 6.45) is 8.48. The Kier molecular flexibility index (Phi) is 5.21. The number of hydrogen-bond acceptors (Lipinski definition) is 2. The summed E-state index contributed by atoms with van der Waals surface area (Å²) in [4.78, 5) is 13.0. The molecule has 0 radical (unpaired) electrons. The number of rotatable bonds is 6. The van der Waals surface area contributed by atoms with Crippen LogP contribution in [0.3, 0.4) is 0 Å². The summed E-state index contributed by atoms with van der Waals surface area (Å²) in [5, 5.41) is 3.20. The molecule has 0 unspecified atom stereocenters. The topological polar surface area (TPSA) is 38.3 Å². The van der Waals surface area contributed by atoms with Gasteiger partial charge in [0.2, 0.25) is 0 Å². The first kappa shape index (κ1) is 19.2. The van der Waals surface area contributed by atoms with E-state index < -0.39 is 6.61 Å². The lowest BCUT2D eigenvalue weighted by molar-refractivity contribution is -0.0728. The maximum Gasteiger partial charge on any atom is 0.387 e. The van der Waals surface area contributed by atoms with E-state index >= 15 is 0 Å². The van der Waals surface area contributed by atoms with Crippen molar-refractivity contribution in [3.8, 4) is 5.75 Å². The van der Waals surface area contributed by atoms with Crippen molar-refractivity contribution in [2.75, 3.05) is 0 Å². The highest BCUT2D eigenvalue weighted by Crippen LogP contribution is 2.61. The Morgan fingerprint density at radius 3 is 2.33 bits per heavy atom. The number of alkyl halides is 2. The molecule has 4 fully saturated rings. The van der Waals surface area contributed by atoms with Gasteiger partial charge in [0.25, 0.3) is 5.91 Å². The van der Waals surface area contributed by atoms with E-state index in [0.29, 0.717) is 4.47 Å². The van der Waals surface area contributed by atoms with Crippen molar-refractivity contribution in [1.29, 1.82) is 0 Å². The third-order valence-electron chi connectivity index (χ3n) is 6.94. The molecule has 1 aromatic carbocycles. The van der Waals surface area contributed by atoms with Crippen LogP contribution in [-0.4, -0.2) is 18.6 Å². The first-order chi connectivity index (χ1) is 12.9. The van der Waals surface area contributed by atoms with Crippen LogP contribution in [0.5, 0.6) is 5.75 Å². The smallest absolute Gasteiger partial charge is 0.387 e. The highest BCUT2D eigenvalue weighted by Gasteiger charge is 2.54. The van der Waals surface area contributed by atoms with Crippen LogP contribution in [0.2, 0.25) is 0 Å². The highest BCUT2D eigenvalue weighted by molar-refractivity contribution is 9.10. The van der Waals surface area contributed by atoms with Gasteiger partial charge < -0.3 is 10.1 Å². The molecule has 1 amide bonds. The van der Waals surface area contributed by atoms with E-state index in [1.54, 1.807) is 12.1 Å². The molecule has 0 aromatic heterocycles. The van der Waals surface area contributed by atoms with E-state index in [1.165, 1.54) is 44.6 Å². The lowest BCUT2D eigenvalue weighted by atomic mass is 9.47. The molecule has 4 aliphatic rings. The van der Waals surface area contributed by atoms with Crippen LogP contribution in [0, 0.1) is 23.2 Å². The summed E-state index contributed by atoms with van der Waals surface area (Å²) in [5.74, 6) is 1.99. The van der Waals surface area contributed by atoms with Crippen LogP contribution in [0.1, 0.15) is 62.2 Å². The number of hydrogen-bond donors (Lipinski definition) is 1. The molecule has 4 aliphatic carbocycles. The summed E-state index contributed by atoms with van der Waals surface area (Å²) in [6.45, 7) is -0.844. The summed E-state index contributed by atoms with van der Waals surface area (Å²) in [6, 6.07) is 4.65. The van der Waals surface area contributed by atoms with Crippen LogP contribution in [0.4, 0.5) is 8.78 Å². The van der Waals surface area contributed by atoms with Crippen molar-refractivity contribution in [1.82, 2.24) is 5.32 Å². The molecule has 1 N–H and O–H groups in total. The Bertz CT molecular complexity index is 689. The quantitative estimate of drug-likeness (QED) is 0.607. The Labute approximate surface area is 167 Å². The zero-order chi connectivity index (χ0) is 19.2. The van der Waals surface area contributed by atoms with Crippen LogP contribution < -0.4 is 10.1 Å². The first-order valence-corrected chi connectivity index (χ1v) is 10.7. The molecule has 0 heterocycles. The molecule has 0 spiro atoms. The molecule has 3 nitrogen and oxygen atoms in total. The van der Waals surface area contributed by atoms with Gasteiger partial charge in [0.05, 0.1) is 5.56 Å². The van der Waals surface area contributed by atoms with Crippen LogP contribution in [0.15, 0.2) is 22.7 Å². The van der Waals surface area contributed by atoms with Crippen LogP contribution >= 0.6 is 15.9 Å². The fourth-order valence-electron chi connectivity index (χ4n) is 6.41. The predicted octanol–water partition coefficient (Wildman–Crippen LogP) is 5.78. The number of carbonyl (C=O) groups excluding carboxylic acids is 1. The van der Waals surface area contributed by atoms with Gasteiger partial charge in [-0.05, 0) is 86.3 Å². The molecule has 1 aromatic rings. The van der Waals surface area contributed by atoms with E-state index in [4.69, 9.17) is 0 Å². The normalized spacial score (nSPS) is 32.6. The summed E-state index contributed by atoms with van der Waals surface area (Å²) in [5.41, 5.74) is 0.336. The standard InChI is InChI=1S/C21H26BrF2NO2/c1-2-18(21-9-12-5-13(10-21)7-14(6-12)11-21)25-19(26)16-8-15(22)3-4-17(16)27-20(23)24/h3-4,8,12-14,18,20H,2,5-7,9-11H2,1H3,(H,25,26)/t12?,13?,14?,18-,21?/m1/s1. The van der Waals surface area contributed by atoms with Gasteiger partial charge in [0.1, 0.15) is 5.75 Å². The molecule has 5 rings (SSSR count). The van der Waals surface area contributed by atoms with Gasteiger partial charge in [-0.25, -0.2) is 0 Å². The monoisotopic (exact) mass is 441 g/mol. The van der Waals surface area contributed by atoms with Crippen molar-refractivity contribution >= 4 is 21.8 Å². The maximum absolute atomic E-state index is 13.0. The molecule has 1 atom stereocenters. The number of nitrogens with one attached hydrogen (secondary N) is 1. The molecule has 4 saturated carbocycles. The molecule has 0 aliphatic heterocycles. The third-order valence-corrected chi connectivity index (χ3v) is 7.43. The number of benzene rings is 1. The van der Waals surface area contributed by atoms with Crippen molar-refractivity contribution in [3.63, 3.8) is 0 Å². The van der Waals surface area contributed by atoms with E-state index in [9.17, 15) is 13.6 Å². The number of amides is 1. The van der Waals surface area contributed by atoms with E-state index in [0.717, 1.165) is 24.2 Å². The number of ether oxygens (including phenoxy) is 1. The number of halogens is 3. The Hall–Kier alpha value is -1.17. The fraction of sp³-hybridized carbons (Fsp3) is 0.667. The van der Waals surface area contributed by atoms with E-state index in [1.807, 2.05) is 0 Å². The second kappa shape index (κ2) is 7.34. The molecule has 0 saturated heterocycles. The molecule has 6 heteroatoms. The minimum absolute atomic E-state index is 0.0777. The van der Waals surface area contributed by atoms with Gasteiger partial charge in [-0.2, -0.15) is 8.78 Å².